The SMILES string of the molecule is Cn1c(CCCNc2ccnc3cc(Br)cnc23)nc2ccccc21. The molecule has 0 aliphatic heterocycles. The van der Waals surface area contributed by atoms with Crippen molar-refractivity contribution in [3.05, 3.63) is 59.1 Å². The molecule has 0 saturated heterocycles. The first-order valence-corrected chi connectivity index (χ1v) is 9.06. The van der Waals surface area contributed by atoms with Crippen molar-refractivity contribution in [1.82, 2.24) is 19.5 Å². The molecule has 0 saturated carbocycles. The van der Waals surface area contributed by atoms with Crippen LogP contribution in [0.5, 0.6) is 0 Å². The van der Waals surface area contributed by atoms with Crippen molar-refractivity contribution in [3.63, 3.8) is 0 Å². The smallest absolute Gasteiger partial charge is 0.112 e. The molecular weight excluding hydrogens is 378 g/mol. The summed E-state index contributed by atoms with van der Waals surface area (Å²) in [6.45, 7) is 0.861. The summed E-state index contributed by atoms with van der Waals surface area (Å²) in [6.07, 6.45) is 5.54. The van der Waals surface area contributed by atoms with E-state index in [4.69, 9.17) is 4.98 Å². The number of aromatic nitrogens is 4. The van der Waals surface area contributed by atoms with Crippen LogP contribution in [0.1, 0.15) is 12.2 Å². The highest BCUT2D eigenvalue weighted by molar-refractivity contribution is 9.10. The number of rotatable bonds is 5. The number of nitrogens with one attached hydrogen (secondary N) is 1. The molecule has 6 heteroatoms. The Bertz CT molecular complexity index is 1040. The summed E-state index contributed by atoms with van der Waals surface area (Å²) >= 11 is 3.44. The lowest BCUT2D eigenvalue weighted by Gasteiger charge is -2.09. The molecule has 0 spiro atoms. The quantitative estimate of drug-likeness (QED) is 0.511. The number of hydrogen-bond acceptors (Lipinski definition) is 4. The van der Waals surface area contributed by atoms with E-state index >= 15 is 0 Å². The highest BCUT2D eigenvalue weighted by Gasteiger charge is 2.07. The number of hydrogen-bond donors (Lipinski definition) is 1. The Morgan fingerprint density at radius 3 is 2.88 bits per heavy atom. The van der Waals surface area contributed by atoms with Gasteiger partial charge in [-0.2, -0.15) is 0 Å². The van der Waals surface area contributed by atoms with Gasteiger partial charge in [0.1, 0.15) is 11.3 Å². The first-order chi connectivity index (χ1) is 12.2. The minimum atomic E-state index is 0.861. The van der Waals surface area contributed by atoms with Gasteiger partial charge in [0.2, 0.25) is 0 Å². The maximum atomic E-state index is 4.72. The standard InChI is InChI=1S/C19H18BrN5/c1-25-17-6-3-2-5-14(17)24-18(25)7-4-9-21-15-8-10-22-16-11-13(20)12-23-19(15)16/h2-3,5-6,8,10-12H,4,7,9H2,1H3,(H,21,22). The summed E-state index contributed by atoms with van der Waals surface area (Å²) in [5.41, 5.74) is 5.04. The second-order valence-electron chi connectivity index (χ2n) is 5.99. The maximum Gasteiger partial charge on any atom is 0.112 e. The van der Waals surface area contributed by atoms with Gasteiger partial charge >= 0.3 is 0 Å². The van der Waals surface area contributed by atoms with Crippen LogP contribution in [-0.4, -0.2) is 26.1 Å². The van der Waals surface area contributed by atoms with E-state index in [1.54, 1.807) is 6.20 Å². The first-order valence-electron chi connectivity index (χ1n) is 8.27. The van der Waals surface area contributed by atoms with Crippen LogP contribution >= 0.6 is 15.9 Å². The molecule has 0 aliphatic rings. The van der Waals surface area contributed by atoms with Crippen LogP contribution in [0.4, 0.5) is 5.69 Å². The Labute approximate surface area is 154 Å². The van der Waals surface area contributed by atoms with Gasteiger partial charge in [-0.1, -0.05) is 12.1 Å². The Balaban J connectivity index is 1.43. The largest absolute Gasteiger partial charge is 0.383 e. The van der Waals surface area contributed by atoms with Gasteiger partial charge in [0.15, 0.2) is 0 Å². The van der Waals surface area contributed by atoms with Crippen LogP contribution in [0.15, 0.2) is 53.3 Å². The predicted molar refractivity (Wildman–Crippen MR) is 105 cm³/mol. The number of para-hydroxylation sites is 2. The van der Waals surface area contributed by atoms with Gasteiger partial charge in [-0.3, -0.25) is 9.97 Å². The molecule has 5 nitrogen and oxygen atoms in total. The van der Waals surface area contributed by atoms with Crippen molar-refractivity contribution >= 4 is 43.7 Å². The summed E-state index contributed by atoms with van der Waals surface area (Å²) in [6, 6.07) is 12.2. The zero-order chi connectivity index (χ0) is 17.2. The number of halogens is 1. The molecule has 3 aromatic heterocycles. The summed E-state index contributed by atoms with van der Waals surface area (Å²) in [5, 5.41) is 3.48. The van der Waals surface area contributed by atoms with Crippen LogP contribution in [0.3, 0.4) is 0 Å². The number of pyridine rings is 2. The highest BCUT2D eigenvalue weighted by atomic mass is 79.9. The third-order valence-corrected chi connectivity index (χ3v) is 4.75. The van der Waals surface area contributed by atoms with Crippen molar-refractivity contribution in [1.29, 1.82) is 0 Å². The molecule has 0 amide bonds. The molecule has 4 aromatic rings. The van der Waals surface area contributed by atoms with Crippen molar-refractivity contribution in [2.75, 3.05) is 11.9 Å². The van der Waals surface area contributed by atoms with Crippen molar-refractivity contribution < 1.29 is 0 Å². The molecule has 0 radical (unpaired) electrons. The number of anilines is 1. The average Bonchev–Trinajstić information content (AvgIpc) is 2.95. The van der Waals surface area contributed by atoms with Crippen LogP contribution < -0.4 is 5.32 Å². The molecule has 1 aromatic carbocycles. The molecule has 4 rings (SSSR count). The molecule has 25 heavy (non-hydrogen) atoms. The van der Waals surface area contributed by atoms with Gasteiger partial charge < -0.3 is 9.88 Å². The minimum absolute atomic E-state index is 0.861. The van der Waals surface area contributed by atoms with Crippen molar-refractivity contribution in [2.24, 2.45) is 7.05 Å². The van der Waals surface area contributed by atoms with Crippen molar-refractivity contribution in [2.45, 2.75) is 12.8 Å². The lowest BCUT2D eigenvalue weighted by molar-refractivity contribution is 0.753. The minimum Gasteiger partial charge on any atom is -0.383 e. The van der Waals surface area contributed by atoms with E-state index in [-0.39, 0.29) is 0 Å². The number of nitrogens with zero attached hydrogens (tertiary/aromatic N) is 4. The van der Waals surface area contributed by atoms with Gasteiger partial charge in [0, 0.05) is 36.9 Å². The monoisotopic (exact) mass is 395 g/mol. The molecule has 0 bridgehead atoms. The fraction of sp³-hybridized carbons (Fsp3) is 0.211. The third-order valence-electron chi connectivity index (χ3n) is 4.32. The van der Waals surface area contributed by atoms with Crippen molar-refractivity contribution in [3.8, 4) is 0 Å². The second-order valence-corrected chi connectivity index (χ2v) is 6.90. The molecule has 1 N–H and O–H groups in total. The summed E-state index contributed by atoms with van der Waals surface area (Å²) in [7, 11) is 2.08. The average molecular weight is 396 g/mol. The predicted octanol–water partition coefficient (Wildman–Crippen LogP) is 4.32. The molecule has 126 valence electrons. The number of benzene rings is 1. The fourth-order valence-electron chi connectivity index (χ4n) is 3.04. The van der Waals surface area contributed by atoms with E-state index in [2.05, 4.69) is 61.0 Å². The third kappa shape index (κ3) is 3.22. The normalized spacial score (nSPS) is 11.3. The zero-order valence-electron chi connectivity index (χ0n) is 13.9. The Hall–Kier alpha value is -2.47. The first kappa shape index (κ1) is 16.0. The van der Waals surface area contributed by atoms with E-state index in [0.29, 0.717) is 0 Å². The molecule has 0 unspecified atom stereocenters. The molecule has 0 fully saturated rings. The molecular formula is C19H18BrN5. The van der Waals surface area contributed by atoms with Crippen LogP contribution in [0.25, 0.3) is 22.1 Å². The number of aryl methyl sites for hydroxylation is 2. The molecule has 0 atom stereocenters. The van der Waals surface area contributed by atoms with E-state index in [0.717, 1.165) is 51.9 Å². The zero-order valence-corrected chi connectivity index (χ0v) is 15.5. The number of imidazole rings is 1. The summed E-state index contributed by atoms with van der Waals surface area (Å²) in [5.74, 6) is 1.12. The molecule has 3 heterocycles. The van der Waals surface area contributed by atoms with Crippen LogP contribution in [-0.2, 0) is 13.5 Å². The highest BCUT2D eigenvalue weighted by Crippen LogP contribution is 2.22. The fourth-order valence-corrected chi connectivity index (χ4v) is 3.36. The van der Waals surface area contributed by atoms with Gasteiger partial charge in [0.05, 0.1) is 22.2 Å². The van der Waals surface area contributed by atoms with Gasteiger partial charge in [-0.15, -0.1) is 0 Å². The van der Waals surface area contributed by atoms with Gasteiger partial charge in [-0.05, 0) is 46.6 Å². The Kier molecular flexibility index (Phi) is 4.36. The number of fused-ring (bicyclic) bond motifs is 2. The topological polar surface area (TPSA) is 55.6 Å². The maximum absolute atomic E-state index is 4.72. The van der Waals surface area contributed by atoms with Gasteiger partial charge in [0.25, 0.3) is 0 Å². The van der Waals surface area contributed by atoms with E-state index < -0.39 is 0 Å². The van der Waals surface area contributed by atoms with Crippen LogP contribution in [0, 0.1) is 0 Å². The van der Waals surface area contributed by atoms with Gasteiger partial charge in [-0.25, -0.2) is 4.98 Å². The van der Waals surface area contributed by atoms with E-state index in [9.17, 15) is 0 Å². The lowest BCUT2D eigenvalue weighted by Crippen LogP contribution is -2.06. The summed E-state index contributed by atoms with van der Waals surface area (Å²) < 4.78 is 3.11. The second kappa shape index (κ2) is 6.80. The lowest BCUT2D eigenvalue weighted by atomic mass is 10.2. The Morgan fingerprint density at radius 1 is 1.12 bits per heavy atom. The van der Waals surface area contributed by atoms with Crippen LogP contribution in [0.2, 0.25) is 0 Å². The van der Waals surface area contributed by atoms with E-state index in [1.165, 1.54) is 5.52 Å². The summed E-state index contributed by atoms with van der Waals surface area (Å²) in [4.78, 5) is 13.6. The van der Waals surface area contributed by atoms with E-state index in [1.807, 2.05) is 24.4 Å². The Morgan fingerprint density at radius 2 is 2.00 bits per heavy atom. The molecule has 0 aliphatic carbocycles.